The molecule has 1 saturated heterocycles. The van der Waals surface area contributed by atoms with Gasteiger partial charge in [-0.15, -0.1) is 6.58 Å². The van der Waals surface area contributed by atoms with E-state index in [1.165, 1.54) is 23.9 Å². The summed E-state index contributed by atoms with van der Waals surface area (Å²) in [6, 6.07) is 15.5. The summed E-state index contributed by atoms with van der Waals surface area (Å²) in [5.41, 5.74) is 1.55. The van der Waals surface area contributed by atoms with E-state index in [4.69, 9.17) is 0 Å². The summed E-state index contributed by atoms with van der Waals surface area (Å²) in [5, 5.41) is 0.611. The predicted octanol–water partition coefficient (Wildman–Crippen LogP) is 4.62. The molecule has 0 bridgehead atoms. The Bertz CT molecular complexity index is 813. The number of para-hydroxylation sites is 1. The lowest BCUT2D eigenvalue weighted by atomic mass is 10.2. The van der Waals surface area contributed by atoms with E-state index < -0.39 is 0 Å². The SMILES string of the molecule is C=CCN1C(=O)/C(=C\c2ccc(F)cc2)SC1=Nc1ccccc1. The second-order valence-corrected chi connectivity index (χ2v) is 6.11. The number of thioether (sulfide) groups is 1. The molecule has 1 fully saturated rings. The Morgan fingerprint density at radius 3 is 2.50 bits per heavy atom. The molecule has 0 radical (unpaired) electrons. The fourth-order valence-corrected chi connectivity index (χ4v) is 3.21. The van der Waals surface area contributed by atoms with Crippen molar-refractivity contribution in [3.8, 4) is 0 Å². The van der Waals surface area contributed by atoms with E-state index in [9.17, 15) is 9.18 Å². The lowest BCUT2D eigenvalue weighted by molar-refractivity contribution is -0.121. The van der Waals surface area contributed by atoms with Crippen LogP contribution in [-0.4, -0.2) is 22.5 Å². The Kier molecular flexibility index (Phi) is 4.91. The molecule has 5 heteroatoms. The van der Waals surface area contributed by atoms with Gasteiger partial charge in [0.2, 0.25) is 0 Å². The minimum atomic E-state index is -0.304. The number of rotatable bonds is 4. The van der Waals surface area contributed by atoms with Crippen molar-refractivity contribution in [3.63, 3.8) is 0 Å². The normalized spacial score (nSPS) is 17.7. The minimum absolute atomic E-state index is 0.126. The Morgan fingerprint density at radius 2 is 1.83 bits per heavy atom. The van der Waals surface area contributed by atoms with Crippen LogP contribution in [0.2, 0.25) is 0 Å². The van der Waals surface area contributed by atoms with Gasteiger partial charge in [-0.3, -0.25) is 9.69 Å². The third-order valence-corrected chi connectivity index (χ3v) is 4.36. The van der Waals surface area contributed by atoms with Gasteiger partial charge < -0.3 is 0 Å². The first-order valence-corrected chi connectivity index (χ1v) is 8.20. The van der Waals surface area contributed by atoms with Gasteiger partial charge in [-0.1, -0.05) is 36.4 Å². The zero-order valence-electron chi connectivity index (χ0n) is 12.9. The summed E-state index contributed by atoms with van der Waals surface area (Å²) in [5.74, 6) is -0.430. The average molecular weight is 338 g/mol. The maximum Gasteiger partial charge on any atom is 0.267 e. The minimum Gasteiger partial charge on any atom is -0.283 e. The van der Waals surface area contributed by atoms with Gasteiger partial charge in [0.25, 0.3) is 5.91 Å². The topological polar surface area (TPSA) is 32.7 Å². The largest absolute Gasteiger partial charge is 0.283 e. The average Bonchev–Trinajstić information content (AvgIpc) is 2.87. The van der Waals surface area contributed by atoms with Crippen molar-refractivity contribution < 1.29 is 9.18 Å². The molecule has 3 nitrogen and oxygen atoms in total. The molecule has 0 N–H and O–H groups in total. The molecular weight excluding hydrogens is 323 g/mol. The van der Waals surface area contributed by atoms with Crippen molar-refractivity contribution >= 4 is 34.6 Å². The summed E-state index contributed by atoms with van der Waals surface area (Å²) in [6.07, 6.45) is 3.41. The van der Waals surface area contributed by atoms with Gasteiger partial charge in [0, 0.05) is 6.54 Å². The number of carbonyl (C=O) groups excluding carboxylic acids is 1. The van der Waals surface area contributed by atoms with Gasteiger partial charge in [-0.25, -0.2) is 9.38 Å². The molecule has 2 aromatic carbocycles. The molecule has 3 rings (SSSR count). The van der Waals surface area contributed by atoms with Gasteiger partial charge in [0.15, 0.2) is 5.17 Å². The molecule has 2 aromatic rings. The quantitative estimate of drug-likeness (QED) is 0.602. The van der Waals surface area contributed by atoms with Crippen LogP contribution in [0.25, 0.3) is 6.08 Å². The van der Waals surface area contributed by atoms with Gasteiger partial charge in [0.05, 0.1) is 10.6 Å². The lowest BCUT2D eigenvalue weighted by Gasteiger charge is -2.12. The number of nitrogens with zero attached hydrogens (tertiary/aromatic N) is 2. The van der Waals surface area contributed by atoms with Crippen LogP contribution in [0.5, 0.6) is 0 Å². The number of benzene rings is 2. The summed E-state index contributed by atoms with van der Waals surface area (Å²) >= 11 is 1.31. The third-order valence-electron chi connectivity index (χ3n) is 3.35. The number of hydrogen-bond donors (Lipinski definition) is 0. The van der Waals surface area contributed by atoms with Crippen molar-refractivity contribution in [1.29, 1.82) is 0 Å². The Labute approximate surface area is 144 Å². The molecule has 1 amide bonds. The lowest BCUT2D eigenvalue weighted by Crippen LogP contribution is -2.29. The first-order valence-electron chi connectivity index (χ1n) is 7.39. The molecule has 0 saturated carbocycles. The van der Waals surface area contributed by atoms with Crippen molar-refractivity contribution in [3.05, 3.63) is 83.5 Å². The Balaban J connectivity index is 1.93. The van der Waals surface area contributed by atoms with Gasteiger partial charge in [0.1, 0.15) is 5.82 Å². The molecule has 120 valence electrons. The van der Waals surface area contributed by atoms with Crippen LogP contribution in [0.15, 0.2) is 77.1 Å². The maximum atomic E-state index is 13.0. The standard InChI is InChI=1S/C19H15FN2OS/c1-2-12-22-18(23)17(13-14-8-10-15(20)11-9-14)24-19(22)21-16-6-4-3-5-7-16/h2-11,13H,1,12H2/b17-13+,21-19?. The Hall–Kier alpha value is -2.66. The summed E-state index contributed by atoms with van der Waals surface area (Å²) < 4.78 is 13.0. The van der Waals surface area contributed by atoms with Crippen LogP contribution in [0, 0.1) is 5.82 Å². The van der Waals surface area contributed by atoms with E-state index >= 15 is 0 Å². The number of hydrogen-bond acceptors (Lipinski definition) is 3. The zero-order valence-corrected chi connectivity index (χ0v) is 13.7. The van der Waals surface area contributed by atoms with E-state index in [0.717, 1.165) is 11.3 Å². The molecule has 0 unspecified atom stereocenters. The second-order valence-electron chi connectivity index (χ2n) is 5.10. The smallest absolute Gasteiger partial charge is 0.267 e. The van der Waals surface area contributed by atoms with E-state index in [0.29, 0.717) is 16.6 Å². The highest BCUT2D eigenvalue weighted by Gasteiger charge is 2.32. The van der Waals surface area contributed by atoms with Crippen LogP contribution >= 0.6 is 11.8 Å². The van der Waals surface area contributed by atoms with Crippen LogP contribution < -0.4 is 0 Å². The molecule has 0 aromatic heterocycles. The highest BCUT2D eigenvalue weighted by molar-refractivity contribution is 8.18. The van der Waals surface area contributed by atoms with E-state index in [2.05, 4.69) is 11.6 Å². The van der Waals surface area contributed by atoms with Crippen molar-refractivity contribution in [2.75, 3.05) is 6.54 Å². The zero-order chi connectivity index (χ0) is 16.9. The van der Waals surface area contributed by atoms with Crippen LogP contribution in [0.1, 0.15) is 5.56 Å². The fourth-order valence-electron chi connectivity index (χ4n) is 2.20. The summed E-state index contributed by atoms with van der Waals surface area (Å²) in [6.45, 7) is 4.09. The monoisotopic (exact) mass is 338 g/mol. The van der Waals surface area contributed by atoms with E-state index in [1.807, 2.05) is 30.3 Å². The molecule has 0 atom stereocenters. The van der Waals surface area contributed by atoms with Crippen LogP contribution in [0.4, 0.5) is 10.1 Å². The molecule has 0 aliphatic carbocycles. The predicted molar refractivity (Wildman–Crippen MR) is 97.4 cm³/mol. The summed E-state index contributed by atoms with van der Waals surface area (Å²) in [7, 11) is 0. The Morgan fingerprint density at radius 1 is 1.12 bits per heavy atom. The molecule has 24 heavy (non-hydrogen) atoms. The first-order chi connectivity index (χ1) is 11.7. The second kappa shape index (κ2) is 7.27. The molecule has 0 spiro atoms. The maximum absolute atomic E-state index is 13.0. The van der Waals surface area contributed by atoms with Crippen molar-refractivity contribution in [1.82, 2.24) is 4.90 Å². The summed E-state index contributed by atoms with van der Waals surface area (Å²) in [4.78, 5) is 19.3. The number of amidine groups is 1. The highest BCUT2D eigenvalue weighted by atomic mass is 32.2. The number of aliphatic imine (C=N–C) groups is 1. The number of halogens is 1. The molecule has 1 aliphatic rings. The van der Waals surface area contributed by atoms with Gasteiger partial charge in [-0.05, 0) is 47.7 Å². The van der Waals surface area contributed by atoms with Crippen LogP contribution in [-0.2, 0) is 4.79 Å². The molecular formula is C19H15FN2OS. The van der Waals surface area contributed by atoms with Crippen molar-refractivity contribution in [2.45, 2.75) is 0 Å². The number of amides is 1. The molecule has 1 aliphatic heterocycles. The van der Waals surface area contributed by atoms with E-state index in [-0.39, 0.29) is 11.7 Å². The first kappa shape index (κ1) is 16.2. The van der Waals surface area contributed by atoms with Gasteiger partial charge >= 0.3 is 0 Å². The highest BCUT2D eigenvalue weighted by Crippen LogP contribution is 2.34. The van der Waals surface area contributed by atoms with Crippen LogP contribution in [0.3, 0.4) is 0 Å². The fraction of sp³-hybridized carbons (Fsp3) is 0.0526. The van der Waals surface area contributed by atoms with Crippen molar-refractivity contribution in [2.24, 2.45) is 4.99 Å². The number of carbonyl (C=O) groups is 1. The van der Waals surface area contributed by atoms with Gasteiger partial charge in [-0.2, -0.15) is 0 Å². The van der Waals surface area contributed by atoms with E-state index in [1.54, 1.807) is 29.2 Å². The molecule has 1 heterocycles. The third kappa shape index (κ3) is 3.63.